The van der Waals surface area contributed by atoms with Crippen molar-refractivity contribution in [2.45, 2.75) is 84.0 Å². The second-order valence-corrected chi connectivity index (χ2v) is 14.8. The number of hydrogen-bond donors (Lipinski definition) is 4. The van der Waals surface area contributed by atoms with E-state index in [0.29, 0.717) is 55.5 Å². The fourth-order valence-electron chi connectivity index (χ4n) is 7.09. The molecule has 0 saturated heterocycles. The molecule has 0 spiro atoms. The lowest BCUT2D eigenvalue weighted by molar-refractivity contribution is -0.149. The minimum absolute atomic E-state index is 0.0291. The van der Waals surface area contributed by atoms with Crippen LogP contribution in [-0.2, 0) is 27.5 Å². The number of aliphatic hydroxyl groups is 3. The van der Waals surface area contributed by atoms with E-state index in [2.05, 4.69) is 48.7 Å². The Hall–Kier alpha value is -3.11. The highest BCUT2D eigenvalue weighted by Gasteiger charge is 2.42. The largest absolute Gasteiger partial charge is 0.493 e. The molecule has 1 aliphatic heterocycles. The zero-order valence-electron chi connectivity index (χ0n) is 29.1. The molecule has 274 valence electrons. The number of rotatable bonds is 14. The lowest BCUT2D eigenvalue weighted by Crippen LogP contribution is -2.55. The first kappa shape index (κ1) is 38.1. The van der Waals surface area contributed by atoms with E-state index >= 15 is 0 Å². The van der Waals surface area contributed by atoms with Crippen molar-refractivity contribution in [3.05, 3.63) is 56.7 Å². The van der Waals surface area contributed by atoms with Crippen LogP contribution in [0.4, 0.5) is 0 Å². The summed E-state index contributed by atoms with van der Waals surface area (Å²) >= 11 is 2.07. The average molecular weight is 809 g/mol. The van der Waals surface area contributed by atoms with Gasteiger partial charge < -0.3 is 49.2 Å². The maximum atomic E-state index is 14.4. The molecule has 12 nitrogen and oxygen atoms in total. The van der Waals surface area contributed by atoms with Gasteiger partial charge in [-0.05, 0) is 94.7 Å². The van der Waals surface area contributed by atoms with Gasteiger partial charge in [0.2, 0.25) is 18.6 Å². The SMILES string of the molecule is COc1cc(CO)cc(I)c1OC1C=C(C(=O)NCCO)CC(N(Cc2ccc3c(c2)OCO3)C(=O)COC2CC(C)CCC2C(C)C)C1O. The summed E-state index contributed by atoms with van der Waals surface area (Å²) in [5, 5.41) is 33.9. The summed E-state index contributed by atoms with van der Waals surface area (Å²) in [6.07, 6.45) is 2.22. The Balaban J connectivity index is 1.48. The fraction of sp³-hybridized carbons (Fsp3) is 0.568. The van der Waals surface area contributed by atoms with Crippen LogP contribution in [0.2, 0.25) is 0 Å². The molecule has 6 unspecified atom stereocenters. The first-order chi connectivity index (χ1) is 24.0. The van der Waals surface area contributed by atoms with Crippen molar-refractivity contribution < 1.29 is 48.6 Å². The van der Waals surface area contributed by atoms with E-state index in [-0.39, 0.29) is 58.1 Å². The van der Waals surface area contributed by atoms with Crippen LogP contribution >= 0.6 is 22.6 Å². The molecule has 0 aromatic heterocycles. The first-order valence-electron chi connectivity index (χ1n) is 17.2. The molecule has 3 aliphatic rings. The second-order valence-electron chi connectivity index (χ2n) is 13.7. The van der Waals surface area contributed by atoms with Gasteiger partial charge in [-0.3, -0.25) is 9.59 Å². The topological polar surface area (TPSA) is 156 Å². The Morgan fingerprint density at radius 1 is 1.10 bits per heavy atom. The third kappa shape index (κ3) is 9.02. The third-order valence-corrected chi connectivity index (χ3v) is 10.6. The van der Waals surface area contributed by atoms with E-state index in [1.165, 1.54) is 7.11 Å². The molecule has 0 bridgehead atoms. The van der Waals surface area contributed by atoms with Gasteiger partial charge in [-0.1, -0.05) is 33.3 Å². The molecule has 5 rings (SSSR count). The highest BCUT2D eigenvalue weighted by Crippen LogP contribution is 2.39. The molecular weight excluding hydrogens is 759 g/mol. The molecule has 1 fully saturated rings. The van der Waals surface area contributed by atoms with Crippen LogP contribution in [0, 0.1) is 21.3 Å². The molecule has 1 heterocycles. The summed E-state index contributed by atoms with van der Waals surface area (Å²) in [7, 11) is 1.48. The molecule has 2 amide bonds. The zero-order valence-corrected chi connectivity index (χ0v) is 31.3. The number of carbonyl (C=O) groups is 2. The molecule has 1 saturated carbocycles. The lowest BCUT2D eigenvalue weighted by atomic mass is 9.75. The van der Waals surface area contributed by atoms with Crippen molar-refractivity contribution >= 4 is 34.4 Å². The zero-order chi connectivity index (χ0) is 35.9. The van der Waals surface area contributed by atoms with Crippen molar-refractivity contribution in [1.82, 2.24) is 10.2 Å². The number of nitrogens with zero attached hydrogens (tertiary/aromatic N) is 1. The van der Waals surface area contributed by atoms with Crippen molar-refractivity contribution in [3.8, 4) is 23.0 Å². The van der Waals surface area contributed by atoms with E-state index in [0.717, 1.165) is 24.8 Å². The molecule has 50 heavy (non-hydrogen) atoms. The normalized spacial score (nSPS) is 24.5. The van der Waals surface area contributed by atoms with Crippen molar-refractivity contribution in [3.63, 3.8) is 0 Å². The first-order valence-corrected chi connectivity index (χ1v) is 18.3. The highest BCUT2D eigenvalue weighted by atomic mass is 127. The Morgan fingerprint density at radius 2 is 1.88 bits per heavy atom. The molecule has 4 N–H and O–H groups in total. The van der Waals surface area contributed by atoms with Crippen LogP contribution in [0.5, 0.6) is 23.0 Å². The summed E-state index contributed by atoms with van der Waals surface area (Å²) in [5.74, 6) is 2.29. The van der Waals surface area contributed by atoms with Crippen molar-refractivity contribution in [1.29, 1.82) is 0 Å². The number of amides is 2. The summed E-state index contributed by atoms with van der Waals surface area (Å²) in [5.41, 5.74) is 1.66. The number of aliphatic hydroxyl groups excluding tert-OH is 3. The maximum absolute atomic E-state index is 14.4. The smallest absolute Gasteiger partial charge is 0.249 e. The van der Waals surface area contributed by atoms with E-state index in [1.54, 1.807) is 29.2 Å². The summed E-state index contributed by atoms with van der Waals surface area (Å²) in [6.45, 7) is 6.18. The number of nitrogens with one attached hydrogen (secondary N) is 1. The van der Waals surface area contributed by atoms with E-state index in [4.69, 9.17) is 23.7 Å². The van der Waals surface area contributed by atoms with Crippen molar-refractivity contribution in [2.24, 2.45) is 17.8 Å². The third-order valence-electron chi connectivity index (χ3n) is 9.83. The summed E-state index contributed by atoms with van der Waals surface area (Å²) in [6, 6.07) is 7.93. The molecule has 2 aromatic rings. The minimum atomic E-state index is -1.27. The molecule has 0 radical (unpaired) electrons. The van der Waals surface area contributed by atoms with Gasteiger partial charge in [0, 0.05) is 25.1 Å². The van der Waals surface area contributed by atoms with Crippen LogP contribution in [-0.4, -0.2) is 90.0 Å². The number of methoxy groups -OCH3 is 1. The maximum Gasteiger partial charge on any atom is 0.249 e. The summed E-state index contributed by atoms with van der Waals surface area (Å²) < 4.78 is 30.1. The monoisotopic (exact) mass is 808 g/mol. The number of benzene rings is 2. The van der Waals surface area contributed by atoms with Crippen LogP contribution in [0.3, 0.4) is 0 Å². The fourth-order valence-corrected chi connectivity index (χ4v) is 7.88. The Labute approximate surface area is 307 Å². The van der Waals surface area contributed by atoms with Gasteiger partial charge in [-0.2, -0.15) is 0 Å². The highest BCUT2D eigenvalue weighted by molar-refractivity contribution is 14.1. The van der Waals surface area contributed by atoms with E-state index < -0.39 is 24.2 Å². The molecule has 2 aromatic carbocycles. The number of ether oxygens (including phenoxy) is 5. The molecule has 2 aliphatic carbocycles. The average Bonchev–Trinajstić information content (AvgIpc) is 3.58. The van der Waals surface area contributed by atoms with Gasteiger partial charge in [-0.15, -0.1) is 0 Å². The van der Waals surface area contributed by atoms with Gasteiger partial charge in [-0.25, -0.2) is 0 Å². The van der Waals surface area contributed by atoms with Gasteiger partial charge in [0.15, 0.2) is 23.0 Å². The number of halogens is 1. The Morgan fingerprint density at radius 3 is 2.60 bits per heavy atom. The van der Waals surface area contributed by atoms with Gasteiger partial charge in [0.05, 0.1) is 36.0 Å². The van der Waals surface area contributed by atoms with Gasteiger partial charge >= 0.3 is 0 Å². The minimum Gasteiger partial charge on any atom is -0.493 e. The second kappa shape index (κ2) is 17.4. The molecule has 6 atom stereocenters. The lowest BCUT2D eigenvalue weighted by Gasteiger charge is -2.41. The predicted molar refractivity (Wildman–Crippen MR) is 193 cm³/mol. The van der Waals surface area contributed by atoms with Gasteiger partial charge in [0.25, 0.3) is 0 Å². The van der Waals surface area contributed by atoms with Crippen molar-refractivity contribution in [2.75, 3.05) is 33.7 Å². The number of hydrogen-bond acceptors (Lipinski definition) is 10. The van der Waals surface area contributed by atoms with Crippen LogP contribution in [0.1, 0.15) is 57.6 Å². The summed E-state index contributed by atoms with van der Waals surface area (Å²) in [4.78, 5) is 29.3. The molecule has 13 heteroatoms. The standard InChI is InChI=1S/C37H49IN2O10/c1-21(2)26-7-5-22(3)11-30(26)47-19-34(43)40(17-23-6-8-29-31(13-23)49-20-48-29)28-15-25(37(45)39-9-10-41)16-32(35(28)44)50-36-27(38)12-24(18-42)14-33(36)46-4/h6,8,12-14,16,21-22,26,28,30,32,35,41-42,44H,5,7,9-11,15,17-20H2,1-4H3,(H,39,45). The van der Waals surface area contributed by atoms with Crippen LogP contribution in [0.15, 0.2) is 42.0 Å². The van der Waals surface area contributed by atoms with Crippen LogP contribution in [0.25, 0.3) is 0 Å². The molecular formula is C37H49IN2O10. The van der Waals surface area contributed by atoms with E-state index in [9.17, 15) is 24.9 Å². The Bertz CT molecular complexity index is 1530. The number of fused-ring (bicyclic) bond motifs is 1. The van der Waals surface area contributed by atoms with Crippen LogP contribution < -0.4 is 24.3 Å². The predicted octanol–water partition coefficient (Wildman–Crippen LogP) is 3.94. The Kier molecular flexibility index (Phi) is 13.3. The number of carbonyl (C=O) groups excluding carboxylic acids is 2. The van der Waals surface area contributed by atoms with E-state index in [1.807, 2.05) is 12.1 Å². The quantitative estimate of drug-likeness (QED) is 0.207. The van der Waals surface area contributed by atoms with Gasteiger partial charge in [0.1, 0.15) is 18.8 Å².